The standard InChI is InChI=1S/C17H34N4/c1-3-5-8-12-19-17(18-4-2)20-13-11-16-21-14-9-6-7-10-15-21/h3,5H,4,6-16H2,1-2H3,(H2,18,19,20)/b5-3+. The van der Waals surface area contributed by atoms with Gasteiger partial charge in [0.1, 0.15) is 0 Å². The normalized spacial score (nSPS) is 17.9. The smallest absolute Gasteiger partial charge is 0.191 e. The highest BCUT2D eigenvalue weighted by Crippen LogP contribution is 2.09. The van der Waals surface area contributed by atoms with E-state index in [1.54, 1.807) is 0 Å². The molecule has 0 radical (unpaired) electrons. The van der Waals surface area contributed by atoms with Gasteiger partial charge in [0.25, 0.3) is 0 Å². The lowest BCUT2D eigenvalue weighted by atomic mass is 10.2. The molecule has 4 nitrogen and oxygen atoms in total. The van der Waals surface area contributed by atoms with Gasteiger partial charge in [-0.05, 0) is 59.2 Å². The molecule has 0 atom stereocenters. The molecule has 0 aromatic heterocycles. The molecule has 0 aromatic carbocycles. The monoisotopic (exact) mass is 294 g/mol. The van der Waals surface area contributed by atoms with Crippen LogP contribution in [0.3, 0.4) is 0 Å². The highest BCUT2D eigenvalue weighted by molar-refractivity contribution is 5.79. The number of nitrogens with zero attached hydrogens (tertiary/aromatic N) is 2. The van der Waals surface area contributed by atoms with Crippen LogP contribution in [0, 0.1) is 0 Å². The summed E-state index contributed by atoms with van der Waals surface area (Å²) in [6.45, 7) is 10.7. The Morgan fingerprint density at radius 1 is 1.14 bits per heavy atom. The van der Waals surface area contributed by atoms with Gasteiger partial charge in [-0.25, -0.2) is 0 Å². The molecule has 0 spiro atoms. The van der Waals surface area contributed by atoms with Gasteiger partial charge in [0.05, 0.1) is 0 Å². The minimum Gasteiger partial charge on any atom is -0.357 e. The Balaban J connectivity index is 2.19. The number of nitrogens with one attached hydrogen (secondary N) is 2. The SMILES string of the molecule is C/C=C/CCNC(=NCCCN1CCCCCC1)NCC. The number of hydrogen-bond donors (Lipinski definition) is 2. The summed E-state index contributed by atoms with van der Waals surface area (Å²) in [5.41, 5.74) is 0. The molecule has 1 aliphatic heterocycles. The fourth-order valence-electron chi connectivity index (χ4n) is 2.63. The summed E-state index contributed by atoms with van der Waals surface area (Å²) in [6.07, 6.45) is 12.0. The molecule has 1 aliphatic rings. The predicted molar refractivity (Wildman–Crippen MR) is 92.9 cm³/mol. The van der Waals surface area contributed by atoms with Gasteiger partial charge in [-0.2, -0.15) is 0 Å². The Labute approximate surface area is 131 Å². The highest BCUT2D eigenvalue weighted by Gasteiger charge is 2.07. The third-order valence-electron chi connectivity index (χ3n) is 3.78. The Kier molecular flexibility index (Phi) is 10.9. The maximum Gasteiger partial charge on any atom is 0.191 e. The van der Waals surface area contributed by atoms with Crippen LogP contribution < -0.4 is 10.6 Å². The van der Waals surface area contributed by atoms with Crippen molar-refractivity contribution in [3.8, 4) is 0 Å². The summed E-state index contributed by atoms with van der Waals surface area (Å²) in [5, 5.41) is 6.69. The zero-order chi connectivity index (χ0) is 15.2. The van der Waals surface area contributed by atoms with Gasteiger partial charge in [-0.3, -0.25) is 4.99 Å². The van der Waals surface area contributed by atoms with Gasteiger partial charge in [-0.1, -0.05) is 25.0 Å². The van der Waals surface area contributed by atoms with Gasteiger partial charge in [-0.15, -0.1) is 0 Å². The molecule has 0 aromatic rings. The average Bonchev–Trinajstić information content (AvgIpc) is 2.76. The van der Waals surface area contributed by atoms with E-state index in [-0.39, 0.29) is 0 Å². The van der Waals surface area contributed by atoms with E-state index < -0.39 is 0 Å². The van der Waals surface area contributed by atoms with Crippen molar-refractivity contribution >= 4 is 5.96 Å². The van der Waals surface area contributed by atoms with Crippen LogP contribution in [-0.4, -0.2) is 50.1 Å². The van der Waals surface area contributed by atoms with Crippen LogP contribution in [0.15, 0.2) is 17.1 Å². The first-order chi connectivity index (χ1) is 10.4. The predicted octanol–water partition coefficient (Wildman–Crippen LogP) is 2.77. The van der Waals surface area contributed by atoms with Gasteiger partial charge in [0, 0.05) is 19.6 Å². The lowest BCUT2D eigenvalue weighted by Crippen LogP contribution is -2.38. The molecule has 0 unspecified atom stereocenters. The molecular formula is C17H34N4. The first-order valence-electron chi connectivity index (χ1n) is 8.72. The molecule has 0 saturated carbocycles. The second kappa shape index (κ2) is 12.7. The Hall–Kier alpha value is -1.03. The van der Waals surface area contributed by atoms with E-state index in [1.165, 1.54) is 45.3 Å². The summed E-state index contributed by atoms with van der Waals surface area (Å²) in [6, 6.07) is 0. The van der Waals surface area contributed by atoms with Crippen LogP contribution in [-0.2, 0) is 0 Å². The fraction of sp³-hybridized carbons (Fsp3) is 0.824. The van der Waals surface area contributed by atoms with E-state index >= 15 is 0 Å². The molecule has 1 heterocycles. The third-order valence-corrected chi connectivity index (χ3v) is 3.78. The molecule has 0 aliphatic carbocycles. The number of aliphatic imine (C=N–C) groups is 1. The Morgan fingerprint density at radius 3 is 2.57 bits per heavy atom. The molecule has 2 N–H and O–H groups in total. The Bertz CT molecular complexity index is 291. The van der Waals surface area contributed by atoms with Crippen LogP contribution >= 0.6 is 0 Å². The van der Waals surface area contributed by atoms with E-state index in [2.05, 4.69) is 46.5 Å². The minimum atomic E-state index is 0.912. The maximum absolute atomic E-state index is 4.66. The van der Waals surface area contributed by atoms with E-state index in [9.17, 15) is 0 Å². The topological polar surface area (TPSA) is 39.7 Å². The van der Waals surface area contributed by atoms with Gasteiger partial charge in [0.15, 0.2) is 5.96 Å². The number of guanidine groups is 1. The Morgan fingerprint density at radius 2 is 1.90 bits per heavy atom. The number of rotatable bonds is 8. The summed E-state index contributed by atoms with van der Waals surface area (Å²) in [7, 11) is 0. The second-order valence-electron chi connectivity index (χ2n) is 5.65. The fourth-order valence-corrected chi connectivity index (χ4v) is 2.63. The van der Waals surface area contributed by atoms with Gasteiger partial charge in [0.2, 0.25) is 0 Å². The lowest BCUT2D eigenvalue weighted by molar-refractivity contribution is 0.283. The number of allylic oxidation sites excluding steroid dienone is 1. The van der Waals surface area contributed by atoms with Crippen molar-refractivity contribution in [2.75, 3.05) is 39.3 Å². The lowest BCUT2D eigenvalue weighted by Gasteiger charge is -2.19. The van der Waals surface area contributed by atoms with Crippen molar-refractivity contribution in [2.45, 2.75) is 52.4 Å². The van der Waals surface area contributed by atoms with Crippen molar-refractivity contribution in [2.24, 2.45) is 4.99 Å². The van der Waals surface area contributed by atoms with Crippen LogP contribution in [0.5, 0.6) is 0 Å². The molecular weight excluding hydrogens is 260 g/mol. The van der Waals surface area contributed by atoms with Crippen molar-refractivity contribution in [3.05, 3.63) is 12.2 Å². The van der Waals surface area contributed by atoms with Crippen LogP contribution in [0.1, 0.15) is 52.4 Å². The van der Waals surface area contributed by atoms with E-state index in [1.807, 2.05) is 0 Å². The number of likely N-dealkylation sites (tertiary alicyclic amines) is 1. The van der Waals surface area contributed by atoms with Crippen molar-refractivity contribution in [3.63, 3.8) is 0 Å². The highest BCUT2D eigenvalue weighted by atomic mass is 15.2. The van der Waals surface area contributed by atoms with Gasteiger partial charge >= 0.3 is 0 Å². The van der Waals surface area contributed by atoms with E-state index in [4.69, 9.17) is 0 Å². The zero-order valence-electron chi connectivity index (χ0n) is 14.0. The van der Waals surface area contributed by atoms with Crippen LogP contribution in [0.2, 0.25) is 0 Å². The third kappa shape index (κ3) is 9.51. The molecule has 1 fully saturated rings. The van der Waals surface area contributed by atoms with Crippen molar-refractivity contribution in [1.29, 1.82) is 0 Å². The molecule has 1 saturated heterocycles. The van der Waals surface area contributed by atoms with Crippen LogP contribution in [0.4, 0.5) is 0 Å². The largest absolute Gasteiger partial charge is 0.357 e. The summed E-state index contributed by atoms with van der Waals surface area (Å²) >= 11 is 0. The summed E-state index contributed by atoms with van der Waals surface area (Å²) in [5.74, 6) is 0.956. The number of hydrogen-bond acceptors (Lipinski definition) is 2. The average molecular weight is 294 g/mol. The molecule has 122 valence electrons. The summed E-state index contributed by atoms with van der Waals surface area (Å²) < 4.78 is 0. The zero-order valence-corrected chi connectivity index (χ0v) is 14.0. The second-order valence-corrected chi connectivity index (χ2v) is 5.65. The van der Waals surface area contributed by atoms with Crippen molar-refractivity contribution in [1.82, 2.24) is 15.5 Å². The first kappa shape index (κ1) is 18.0. The maximum atomic E-state index is 4.66. The molecule has 0 bridgehead atoms. The molecule has 0 amide bonds. The minimum absolute atomic E-state index is 0.912. The quantitative estimate of drug-likeness (QED) is 0.313. The summed E-state index contributed by atoms with van der Waals surface area (Å²) in [4.78, 5) is 7.27. The molecule has 21 heavy (non-hydrogen) atoms. The first-order valence-corrected chi connectivity index (χ1v) is 8.72. The van der Waals surface area contributed by atoms with Gasteiger partial charge < -0.3 is 15.5 Å². The van der Waals surface area contributed by atoms with Crippen LogP contribution in [0.25, 0.3) is 0 Å². The molecule has 1 rings (SSSR count). The van der Waals surface area contributed by atoms with E-state index in [0.717, 1.165) is 38.4 Å². The van der Waals surface area contributed by atoms with E-state index in [0.29, 0.717) is 0 Å². The van der Waals surface area contributed by atoms with Crippen molar-refractivity contribution < 1.29 is 0 Å². The molecule has 4 heteroatoms.